The molecule has 6 nitrogen and oxygen atoms in total. The van der Waals surface area contributed by atoms with Crippen LogP contribution in [-0.4, -0.2) is 23.4 Å². The second kappa shape index (κ2) is 20.1. The first-order valence-corrected chi connectivity index (χ1v) is 3.32. The molecule has 0 bridgehead atoms. The maximum Gasteiger partial charge on any atom is 1.00 e. The van der Waals surface area contributed by atoms with E-state index in [0.29, 0.717) is 0 Å². The zero-order valence-corrected chi connectivity index (χ0v) is 15.4. The SMILES string of the molecule is O=P([O-])([O-])[O-].OCCO.[K+].[Na+].[Na+]. The van der Waals surface area contributed by atoms with E-state index < -0.39 is 7.82 Å². The van der Waals surface area contributed by atoms with Gasteiger partial charge >= 0.3 is 110 Å². The number of phosphoric acid groups is 1. The van der Waals surface area contributed by atoms with Crippen molar-refractivity contribution < 1.29 is 140 Å². The Morgan fingerprint density at radius 2 is 1.08 bits per heavy atom. The fourth-order valence-corrected chi connectivity index (χ4v) is 0. The van der Waals surface area contributed by atoms with Gasteiger partial charge in [0, 0.05) is 0 Å². The molecule has 58 valence electrons. The summed E-state index contributed by atoms with van der Waals surface area (Å²) in [6.07, 6.45) is 0. The molecule has 0 aliphatic rings. The van der Waals surface area contributed by atoms with Gasteiger partial charge in [-0.15, -0.1) is 0 Å². The molecule has 0 aromatic carbocycles. The van der Waals surface area contributed by atoms with E-state index in [-0.39, 0.29) is 124 Å². The predicted molar refractivity (Wildman–Crippen MR) is 21.8 cm³/mol. The summed E-state index contributed by atoms with van der Waals surface area (Å²) in [5.41, 5.74) is 0. The molecule has 0 heterocycles. The third-order valence-electron chi connectivity index (χ3n) is 0.1000. The Bertz CT molecular complexity index is 87.3. The molecule has 0 saturated carbocycles. The molecule has 0 spiro atoms. The average Bonchev–Trinajstić information content (AvgIpc) is 1.61. The van der Waals surface area contributed by atoms with Gasteiger partial charge in [0.25, 0.3) is 0 Å². The van der Waals surface area contributed by atoms with Crippen LogP contribution in [0, 0.1) is 0 Å². The Hall–Kier alpha value is 3.67. The van der Waals surface area contributed by atoms with E-state index in [1.807, 2.05) is 0 Å². The zero-order chi connectivity index (χ0) is 7.91. The van der Waals surface area contributed by atoms with E-state index in [0.717, 1.165) is 0 Å². The van der Waals surface area contributed by atoms with Gasteiger partial charge in [-0.05, 0) is 0 Å². The molecule has 0 unspecified atom stereocenters. The van der Waals surface area contributed by atoms with E-state index in [1.54, 1.807) is 0 Å². The molecule has 0 atom stereocenters. The van der Waals surface area contributed by atoms with E-state index >= 15 is 0 Å². The van der Waals surface area contributed by atoms with Gasteiger partial charge in [0.1, 0.15) is 0 Å². The monoisotopic (exact) mass is 242 g/mol. The van der Waals surface area contributed by atoms with Crippen LogP contribution in [0.3, 0.4) is 0 Å². The molecule has 0 aliphatic carbocycles. The van der Waals surface area contributed by atoms with Crippen molar-refractivity contribution in [1.29, 1.82) is 0 Å². The maximum atomic E-state index is 8.55. The van der Waals surface area contributed by atoms with Crippen LogP contribution in [0.4, 0.5) is 0 Å². The minimum Gasteiger partial charge on any atom is -0.822 e. The van der Waals surface area contributed by atoms with Crippen molar-refractivity contribution in [3.05, 3.63) is 0 Å². The van der Waals surface area contributed by atoms with E-state index in [1.165, 1.54) is 0 Å². The van der Waals surface area contributed by atoms with Crippen LogP contribution in [0.2, 0.25) is 0 Å². The van der Waals surface area contributed by atoms with Gasteiger partial charge in [-0.3, -0.25) is 0 Å². The van der Waals surface area contributed by atoms with Crippen LogP contribution in [0.25, 0.3) is 0 Å². The van der Waals surface area contributed by atoms with Crippen LogP contribution in [0.1, 0.15) is 0 Å². The summed E-state index contributed by atoms with van der Waals surface area (Å²) in [6, 6.07) is 0. The number of aliphatic hydroxyl groups excluding tert-OH is 2. The second-order valence-electron chi connectivity index (χ2n) is 0.894. The smallest absolute Gasteiger partial charge is 0.822 e. The average molecular weight is 242 g/mol. The Morgan fingerprint density at radius 3 is 1.08 bits per heavy atom. The van der Waals surface area contributed by atoms with E-state index in [4.69, 9.17) is 29.5 Å². The molecule has 0 fully saturated rings. The molecule has 12 heavy (non-hydrogen) atoms. The molecule has 10 heteroatoms. The van der Waals surface area contributed by atoms with Crippen molar-refractivity contribution in [3.63, 3.8) is 0 Å². The van der Waals surface area contributed by atoms with Crippen molar-refractivity contribution in [1.82, 2.24) is 0 Å². The standard InChI is InChI=1S/C2H6O2.K.2Na.H3O4P/c3-1-2-4;;;;1-5(2,3)4/h3-4H,1-2H2;;;;(H3,1,2,3,4)/q;3*+1;/p-3. The summed E-state index contributed by atoms with van der Waals surface area (Å²) >= 11 is 0. The van der Waals surface area contributed by atoms with Crippen LogP contribution in [0.5, 0.6) is 0 Å². The van der Waals surface area contributed by atoms with Gasteiger partial charge in [0.15, 0.2) is 0 Å². The molecule has 0 saturated heterocycles. The molecule has 2 N–H and O–H groups in total. The summed E-state index contributed by atoms with van der Waals surface area (Å²) in [4.78, 5) is 25.6. The third kappa shape index (κ3) is 101. The molecule has 0 radical (unpaired) electrons. The number of hydrogen-bond donors (Lipinski definition) is 2. The Labute approximate surface area is 157 Å². The Kier molecular flexibility index (Phi) is 49.7. The van der Waals surface area contributed by atoms with Gasteiger partial charge in [-0.1, -0.05) is 0 Å². The fourth-order valence-electron chi connectivity index (χ4n) is 0. The zero-order valence-electron chi connectivity index (χ0n) is 7.39. The van der Waals surface area contributed by atoms with Crippen LogP contribution in [0.15, 0.2) is 0 Å². The summed E-state index contributed by atoms with van der Waals surface area (Å²) in [5, 5.41) is 15.2. The van der Waals surface area contributed by atoms with Gasteiger partial charge in [-0.2, -0.15) is 7.82 Å². The van der Waals surface area contributed by atoms with Gasteiger partial charge in [-0.25, -0.2) is 0 Å². The minimum absolute atomic E-state index is 0. The summed E-state index contributed by atoms with van der Waals surface area (Å²) in [7, 11) is -5.39. The fraction of sp³-hybridized carbons (Fsp3) is 1.00. The first-order chi connectivity index (χ1) is 3.91. The van der Waals surface area contributed by atoms with E-state index in [2.05, 4.69) is 0 Å². The van der Waals surface area contributed by atoms with Gasteiger partial charge in [0.05, 0.1) is 13.2 Å². The summed E-state index contributed by atoms with van der Waals surface area (Å²) < 4.78 is 8.55. The number of aliphatic hydroxyl groups is 2. The van der Waals surface area contributed by atoms with Crippen LogP contribution in [-0.2, 0) is 4.57 Å². The molecule has 0 aliphatic heterocycles. The van der Waals surface area contributed by atoms with Gasteiger partial charge < -0.3 is 29.5 Å². The quantitative estimate of drug-likeness (QED) is 0.347. The first-order valence-electron chi connectivity index (χ1n) is 1.86. The normalized spacial score (nSPS) is 7.42. The molecule has 0 rings (SSSR count). The summed E-state index contributed by atoms with van der Waals surface area (Å²) in [6.45, 7) is -0.250. The third-order valence-corrected chi connectivity index (χ3v) is 0.1000. The molecular formula is C2H6KNa2O6P. The topological polar surface area (TPSA) is 127 Å². The number of rotatable bonds is 1. The predicted octanol–water partition coefficient (Wildman–Crippen LogP) is -12.8. The molecule has 0 aromatic heterocycles. The van der Waals surface area contributed by atoms with E-state index in [9.17, 15) is 0 Å². The second-order valence-corrected chi connectivity index (χ2v) is 1.79. The Morgan fingerprint density at radius 1 is 1.00 bits per heavy atom. The first kappa shape index (κ1) is 29.6. The van der Waals surface area contributed by atoms with Crippen molar-refractivity contribution in [2.24, 2.45) is 0 Å². The molecular weight excluding hydrogens is 236 g/mol. The van der Waals surface area contributed by atoms with Crippen molar-refractivity contribution in [2.75, 3.05) is 13.2 Å². The molecule has 0 amide bonds. The van der Waals surface area contributed by atoms with Crippen molar-refractivity contribution in [2.45, 2.75) is 0 Å². The maximum absolute atomic E-state index is 8.55. The minimum atomic E-state index is -5.39. The van der Waals surface area contributed by atoms with Crippen LogP contribution >= 0.6 is 7.82 Å². The molecule has 0 aromatic rings. The van der Waals surface area contributed by atoms with Crippen molar-refractivity contribution in [3.8, 4) is 0 Å². The number of hydrogen-bond acceptors (Lipinski definition) is 6. The Balaban J connectivity index is -0.0000000221. The van der Waals surface area contributed by atoms with Crippen molar-refractivity contribution >= 4 is 7.82 Å². The van der Waals surface area contributed by atoms with Crippen LogP contribution < -0.4 is 125 Å². The largest absolute Gasteiger partial charge is 1.00 e. The van der Waals surface area contributed by atoms with Gasteiger partial charge in [0.2, 0.25) is 0 Å². The summed E-state index contributed by atoms with van der Waals surface area (Å²) in [5.74, 6) is 0.